The van der Waals surface area contributed by atoms with Gasteiger partial charge < -0.3 is 0 Å². The molecule has 0 N–H and O–H groups in total. The average molecular weight is 192 g/mol. The van der Waals surface area contributed by atoms with Gasteiger partial charge in [-0.1, -0.05) is 8.73 Å². The molecule has 11 heavy (non-hydrogen) atoms. The number of hydrogen-bond donors (Lipinski definition) is 0. The van der Waals surface area contributed by atoms with E-state index < -0.39 is 22.7 Å². The highest BCUT2D eigenvalue weighted by atomic mass is 32.3. The summed E-state index contributed by atoms with van der Waals surface area (Å²) in [6, 6.07) is 0. The second-order valence-electron chi connectivity index (χ2n) is 1.10. The predicted octanol–water partition coefficient (Wildman–Crippen LogP) is 2.46. The quantitative estimate of drug-likeness (QED) is 0.336. The standard InChI is InChI=1S/C2F4N2O2S/c3-1(9)7-11(5,6)8-2(4)10. The molecule has 0 saturated carbocycles. The van der Waals surface area contributed by atoms with Crippen LogP contribution in [0, 0.1) is 0 Å². The van der Waals surface area contributed by atoms with Gasteiger partial charge in [-0.3, -0.25) is 0 Å². The third kappa shape index (κ3) is 5.45. The van der Waals surface area contributed by atoms with Gasteiger partial charge in [0, 0.05) is 0 Å². The monoisotopic (exact) mass is 192 g/mol. The van der Waals surface area contributed by atoms with E-state index in [1.165, 1.54) is 8.73 Å². The summed E-state index contributed by atoms with van der Waals surface area (Å²) in [6.45, 7) is 0. The Hall–Kier alpha value is -0.990. The van der Waals surface area contributed by atoms with Crippen molar-refractivity contribution < 1.29 is 26.1 Å². The Morgan fingerprint density at radius 1 is 1.00 bits per heavy atom. The molecule has 0 bridgehead atoms. The first-order chi connectivity index (χ1) is 4.83. The zero-order chi connectivity index (χ0) is 9.07. The number of carbonyl (C=O) groups excluding carboxylic acids is 2. The Balaban J connectivity index is 5.01. The van der Waals surface area contributed by atoms with Crippen molar-refractivity contribution in [3.8, 4) is 0 Å². The van der Waals surface area contributed by atoms with Gasteiger partial charge in [0.25, 0.3) is 10.4 Å². The molecule has 0 heterocycles. The summed E-state index contributed by atoms with van der Waals surface area (Å²) >= 11 is 0. The lowest BCUT2D eigenvalue weighted by molar-refractivity contribution is 0.231. The van der Waals surface area contributed by atoms with Crippen molar-refractivity contribution in [3.63, 3.8) is 0 Å². The number of halogens is 4. The second kappa shape index (κ2) is 3.42. The van der Waals surface area contributed by atoms with Crippen LogP contribution in [-0.4, -0.2) is 12.3 Å². The van der Waals surface area contributed by atoms with Crippen LogP contribution in [0.25, 0.3) is 0 Å². The molecule has 0 rings (SSSR count). The van der Waals surface area contributed by atoms with E-state index in [-0.39, 0.29) is 0 Å². The Bertz CT molecular complexity index is 269. The van der Waals surface area contributed by atoms with Gasteiger partial charge in [-0.05, 0) is 0 Å². The molecule has 0 spiro atoms. The molecule has 2 amide bonds. The molecule has 9 heteroatoms. The predicted molar refractivity (Wildman–Crippen MR) is 27.4 cm³/mol. The van der Waals surface area contributed by atoms with E-state index in [4.69, 9.17) is 0 Å². The lowest BCUT2D eigenvalue weighted by atomic mass is 11.4. The largest absolute Gasteiger partial charge is 0.434 e. The van der Waals surface area contributed by atoms with Crippen LogP contribution in [0.4, 0.5) is 26.1 Å². The van der Waals surface area contributed by atoms with Crippen molar-refractivity contribution in [2.24, 2.45) is 8.73 Å². The maximum atomic E-state index is 11.8. The number of hydrogen-bond acceptors (Lipinski definition) is 2. The summed E-state index contributed by atoms with van der Waals surface area (Å²) in [4.78, 5) is 18.5. The first-order valence-electron chi connectivity index (χ1n) is 1.91. The summed E-state index contributed by atoms with van der Waals surface area (Å²) in [6.07, 6.45) is -5.40. The summed E-state index contributed by atoms with van der Waals surface area (Å²) in [5.41, 5.74) is 0. The fourth-order valence-corrected chi connectivity index (χ4v) is 0.579. The molecule has 0 radical (unpaired) electrons. The van der Waals surface area contributed by atoms with Crippen molar-refractivity contribution in [1.29, 1.82) is 0 Å². The van der Waals surface area contributed by atoms with Crippen molar-refractivity contribution in [2.45, 2.75) is 0 Å². The van der Waals surface area contributed by atoms with Crippen LogP contribution in [0.3, 0.4) is 0 Å². The van der Waals surface area contributed by atoms with E-state index in [1.54, 1.807) is 0 Å². The van der Waals surface area contributed by atoms with Crippen LogP contribution in [-0.2, 0) is 10.4 Å². The molecule has 0 aliphatic heterocycles. The highest BCUT2D eigenvalue weighted by Gasteiger charge is 2.08. The van der Waals surface area contributed by atoms with E-state index in [9.17, 15) is 26.1 Å². The number of carbonyl (C=O) groups is 2. The lowest BCUT2D eigenvalue weighted by Gasteiger charge is -1.84. The van der Waals surface area contributed by atoms with Crippen molar-refractivity contribution in [1.82, 2.24) is 0 Å². The Labute approximate surface area is 58.6 Å². The summed E-state index contributed by atoms with van der Waals surface area (Å²) in [7, 11) is -5.48. The zero-order valence-corrected chi connectivity index (χ0v) is 5.45. The van der Waals surface area contributed by atoms with E-state index in [0.717, 1.165) is 0 Å². The van der Waals surface area contributed by atoms with Gasteiger partial charge in [-0.25, -0.2) is 9.59 Å². The van der Waals surface area contributed by atoms with Gasteiger partial charge in [0.2, 0.25) is 0 Å². The van der Waals surface area contributed by atoms with E-state index in [0.29, 0.717) is 0 Å². The van der Waals surface area contributed by atoms with Gasteiger partial charge in [0.1, 0.15) is 0 Å². The maximum absolute atomic E-state index is 11.8. The van der Waals surface area contributed by atoms with Crippen LogP contribution >= 0.6 is 0 Å². The highest BCUT2D eigenvalue weighted by Crippen LogP contribution is 2.07. The molecule has 0 aromatic carbocycles. The van der Waals surface area contributed by atoms with Crippen LogP contribution in [0.2, 0.25) is 0 Å². The van der Waals surface area contributed by atoms with Crippen LogP contribution < -0.4 is 0 Å². The van der Waals surface area contributed by atoms with E-state index in [1.807, 2.05) is 0 Å². The summed E-state index contributed by atoms with van der Waals surface area (Å²) in [5, 5.41) is 0. The third-order valence-electron chi connectivity index (χ3n) is 0.363. The van der Waals surface area contributed by atoms with Crippen LogP contribution in [0.1, 0.15) is 0 Å². The Kier molecular flexibility index (Phi) is 3.11. The molecule has 0 aromatic heterocycles. The second-order valence-corrected chi connectivity index (χ2v) is 2.30. The minimum atomic E-state index is -5.48. The lowest BCUT2D eigenvalue weighted by Crippen LogP contribution is -1.87. The van der Waals surface area contributed by atoms with Crippen LogP contribution in [0.15, 0.2) is 8.73 Å². The average Bonchev–Trinajstić information content (AvgIpc) is 1.53. The first-order valence-corrected chi connectivity index (χ1v) is 3.25. The topological polar surface area (TPSA) is 58.9 Å². The molecule has 64 valence electrons. The molecule has 0 fully saturated rings. The molecular formula is C2F4N2O2S. The molecule has 0 atom stereocenters. The normalized spacial score (nSPS) is 10.5. The van der Waals surface area contributed by atoms with Gasteiger partial charge in [-0.15, -0.1) is 16.6 Å². The highest BCUT2D eigenvalue weighted by molar-refractivity contribution is 7.86. The Morgan fingerprint density at radius 3 is 1.45 bits per heavy atom. The van der Waals surface area contributed by atoms with Gasteiger partial charge in [0.15, 0.2) is 0 Å². The minimum Gasteiger partial charge on any atom is -0.231 e. The molecule has 0 unspecified atom stereocenters. The van der Waals surface area contributed by atoms with Gasteiger partial charge in [0.05, 0.1) is 0 Å². The summed E-state index contributed by atoms with van der Waals surface area (Å²) < 4.78 is 48.6. The van der Waals surface area contributed by atoms with Crippen molar-refractivity contribution in [3.05, 3.63) is 0 Å². The maximum Gasteiger partial charge on any atom is 0.434 e. The number of amides is 2. The van der Waals surface area contributed by atoms with Gasteiger partial charge in [-0.2, -0.15) is 0 Å². The zero-order valence-electron chi connectivity index (χ0n) is 4.63. The Morgan fingerprint density at radius 2 is 1.27 bits per heavy atom. The fraction of sp³-hybridized carbons (Fsp3) is 0. The van der Waals surface area contributed by atoms with Crippen LogP contribution in [0.5, 0.6) is 0 Å². The first kappa shape index (κ1) is 10.0. The molecular weight excluding hydrogens is 192 g/mol. The molecule has 0 aromatic rings. The van der Waals surface area contributed by atoms with E-state index >= 15 is 0 Å². The summed E-state index contributed by atoms with van der Waals surface area (Å²) in [5.74, 6) is 0. The van der Waals surface area contributed by atoms with Crippen molar-refractivity contribution >= 4 is 22.7 Å². The molecule has 0 aliphatic rings. The fourth-order valence-electron chi connectivity index (χ4n) is 0.193. The smallest absolute Gasteiger partial charge is 0.231 e. The van der Waals surface area contributed by atoms with E-state index in [2.05, 4.69) is 0 Å². The van der Waals surface area contributed by atoms with Crippen molar-refractivity contribution in [2.75, 3.05) is 0 Å². The molecule has 0 aliphatic carbocycles. The molecule has 0 saturated heterocycles. The van der Waals surface area contributed by atoms with Gasteiger partial charge >= 0.3 is 12.3 Å². The molecule has 4 nitrogen and oxygen atoms in total. The number of rotatable bonds is 0. The third-order valence-corrected chi connectivity index (χ3v) is 1.09. The number of nitrogens with zero attached hydrogens (tertiary/aromatic N) is 2. The SMILES string of the molecule is O=C(F)N=S(F)(F)=NC(=O)F. The minimum absolute atomic E-state index is 1.47.